The molecule has 0 atom stereocenters. The maximum absolute atomic E-state index is 13.1. The highest BCUT2D eigenvalue weighted by molar-refractivity contribution is 9.10. The van der Waals surface area contributed by atoms with Crippen LogP contribution in [0.15, 0.2) is 16.6 Å². The van der Waals surface area contributed by atoms with Crippen LogP contribution in [0.1, 0.15) is 12.8 Å². The first-order chi connectivity index (χ1) is 9.45. The molecule has 1 saturated heterocycles. The van der Waals surface area contributed by atoms with Crippen LogP contribution in [0.5, 0.6) is 0 Å². The Labute approximate surface area is 130 Å². The summed E-state index contributed by atoms with van der Waals surface area (Å²) in [6.45, 7) is 1.91. The number of nitrogens with zero attached hydrogens (tertiary/aromatic N) is 1. The van der Waals surface area contributed by atoms with Crippen LogP contribution in [0.25, 0.3) is 0 Å². The van der Waals surface area contributed by atoms with Gasteiger partial charge in [-0.2, -0.15) is 0 Å². The minimum absolute atomic E-state index is 0.172. The highest BCUT2D eigenvalue weighted by Gasteiger charge is 2.19. The molecular weight excluding hydrogens is 349 g/mol. The average molecular weight is 365 g/mol. The van der Waals surface area contributed by atoms with E-state index in [0.29, 0.717) is 10.2 Å². The fourth-order valence-corrected chi connectivity index (χ4v) is 3.05. The van der Waals surface area contributed by atoms with E-state index in [9.17, 15) is 9.18 Å². The molecule has 1 fully saturated rings. The Bertz CT molecular complexity index is 483. The lowest BCUT2D eigenvalue weighted by Gasteiger charge is -2.29. The third-order valence-electron chi connectivity index (χ3n) is 3.27. The van der Waals surface area contributed by atoms with Gasteiger partial charge in [-0.1, -0.05) is 11.6 Å². The second-order valence-electron chi connectivity index (χ2n) is 4.91. The van der Waals surface area contributed by atoms with Gasteiger partial charge in [-0.25, -0.2) is 4.39 Å². The van der Waals surface area contributed by atoms with Crippen molar-refractivity contribution in [2.75, 3.05) is 25.0 Å². The standard InChI is InChI=1S/C13H16BrClFN3O/c14-10-5-8(16)6-11(15)13(10)18-12(20)7-19-3-1-9(17)2-4-19/h5-6,9H,1-4,7,17H2,(H,18,20). The van der Waals surface area contributed by atoms with E-state index in [1.54, 1.807) is 0 Å². The molecule has 0 aromatic heterocycles. The minimum Gasteiger partial charge on any atom is -0.328 e. The molecule has 1 aromatic carbocycles. The lowest BCUT2D eigenvalue weighted by atomic mass is 10.1. The zero-order chi connectivity index (χ0) is 14.7. The number of carbonyl (C=O) groups excluding carboxylic acids is 1. The fraction of sp³-hybridized carbons (Fsp3) is 0.462. The van der Waals surface area contributed by atoms with Crippen LogP contribution in [0.3, 0.4) is 0 Å². The van der Waals surface area contributed by atoms with E-state index in [1.807, 2.05) is 4.90 Å². The molecule has 0 unspecified atom stereocenters. The smallest absolute Gasteiger partial charge is 0.238 e. The highest BCUT2D eigenvalue weighted by atomic mass is 79.9. The predicted octanol–water partition coefficient (Wildman–Crippen LogP) is 2.60. The summed E-state index contributed by atoms with van der Waals surface area (Å²) in [6, 6.07) is 2.67. The quantitative estimate of drug-likeness (QED) is 0.867. The normalized spacial score (nSPS) is 17.2. The van der Waals surface area contributed by atoms with Crippen LogP contribution in [-0.4, -0.2) is 36.5 Å². The highest BCUT2D eigenvalue weighted by Crippen LogP contribution is 2.31. The number of nitrogens with one attached hydrogen (secondary N) is 1. The summed E-state index contributed by atoms with van der Waals surface area (Å²) in [6.07, 6.45) is 1.79. The van der Waals surface area contributed by atoms with Crippen LogP contribution < -0.4 is 11.1 Å². The van der Waals surface area contributed by atoms with Gasteiger partial charge in [0.2, 0.25) is 5.91 Å². The maximum Gasteiger partial charge on any atom is 0.238 e. The number of benzene rings is 1. The molecule has 0 bridgehead atoms. The van der Waals surface area contributed by atoms with Crippen molar-refractivity contribution < 1.29 is 9.18 Å². The second kappa shape index (κ2) is 6.85. The summed E-state index contributed by atoms with van der Waals surface area (Å²) in [7, 11) is 0. The van der Waals surface area contributed by atoms with Gasteiger partial charge in [0.15, 0.2) is 0 Å². The topological polar surface area (TPSA) is 58.4 Å². The Morgan fingerprint density at radius 2 is 2.15 bits per heavy atom. The zero-order valence-electron chi connectivity index (χ0n) is 10.8. The molecule has 1 heterocycles. The molecule has 3 N–H and O–H groups in total. The van der Waals surface area contributed by atoms with E-state index in [2.05, 4.69) is 21.2 Å². The Kier molecular flexibility index (Phi) is 5.37. The van der Waals surface area contributed by atoms with Crippen LogP contribution >= 0.6 is 27.5 Å². The van der Waals surface area contributed by atoms with Crippen molar-refractivity contribution >= 4 is 39.1 Å². The van der Waals surface area contributed by atoms with Crippen LogP contribution in [0, 0.1) is 5.82 Å². The summed E-state index contributed by atoms with van der Waals surface area (Å²) < 4.78 is 13.5. The number of carbonyl (C=O) groups is 1. The van der Waals surface area contributed by atoms with Crippen molar-refractivity contribution in [2.24, 2.45) is 5.73 Å². The molecule has 1 aromatic rings. The summed E-state index contributed by atoms with van der Waals surface area (Å²) in [5, 5.41) is 2.88. The van der Waals surface area contributed by atoms with E-state index >= 15 is 0 Å². The number of amides is 1. The molecule has 110 valence electrons. The van der Waals surface area contributed by atoms with Gasteiger partial charge < -0.3 is 11.1 Å². The number of likely N-dealkylation sites (tertiary alicyclic amines) is 1. The molecule has 20 heavy (non-hydrogen) atoms. The molecule has 2 rings (SSSR count). The van der Waals surface area contributed by atoms with Crippen molar-refractivity contribution in [1.82, 2.24) is 4.90 Å². The fourth-order valence-electron chi connectivity index (χ4n) is 2.15. The van der Waals surface area contributed by atoms with Crippen LogP contribution in [-0.2, 0) is 4.79 Å². The van der Waals surface area contributed by atoms with Crippen LogP contribution in [0.2, 0.25) is 5.02 Å². The van der Waals surface area contributed by atoms with Crippen molar-refractivity contribution in [3.8, 4) is 0 Å². The summed E-state index contributed by atoms with van der Waals surface area (Å²) in [4.78, 5) is 14.0. The second-order valence-corrected chi connectivity index (χ2v) is 6.17. The molecule has 0 aliphatic carbocycles. The zero-order valence-corrected chi connectivity index (χ0v) is 13.2. The molecule has 1 aliphatic rings. The molecule has 0 spiro atoms. The number of halogens is 3. The van der Waals surface area contributed by atoms with Crippen molar-refractivity contribution in [3.05, 3.63) is 27.4 Å². The van der Waals surface area contributed by atoms with Crippen molar-refractivity contribution in [1.29, 1.82) is 0 Å². The van der Waals surface area contributed by atoms with E-state index in [0.717, 1.165) is 25.9 Å². The SMILES string of the molecule is NC1CCN(CC(=O)Nc2c(Cl)cc(F)cc2Br)CC1. The van der Waals surface area contributed by atoms with Gasteiger partial charge in [0.25, 0.3) is 0 Å². The van der Waals surface area contributed by atoms with E-state index in [-0.39, 0.29) is 23.5 Å². The summed E-state index contributed by atoms with van der Waals surface area (Å²) >= 11 is 9.12. The molecular formula is C13H16BrClFN3O. The average Bonchev–Trinajstić information content (AvgIpc) is 2.36. The Morgan fingerprint density at radius 1 is 1.50 bits per heavy atom. The lowest BCUT2D eigenvalue weighted by molar-refractivity contribution is -0.117. The van der Waals surface area contributed by atoms with E-state index < -0.39 is 5.82 Å². The number of rotatable bonds is 3. The summed E-state index contributed by atoms with van der Waals surface area (Å²) in [5.41, 5.74) is 6.21. The molecule has 0 radical (unpaired) electrons. The Balaban J connectivity index is 1.95. The van der Waals surface area contributed by atoms with Gasteiger partial charge in [0.1, 0.15) is 5.82 Å². The summed E-state index contributed by atoms with van der Waals surface area (Å²) in [5.74, 6) is -0.625. The molecule has 0 saturated carbocycles. The Morgan fingerprint density at radius 3 is 2.75 bits per heavy atom. The molecule has 7 heteroatoms. The third-order valence-corrected chi connectivity index (χ3v) is 4.19. The molecule has 1 aliphatic heterocycles. The van der Waals surface area contributed by atoms with Crippen LogP contribution in [0.4, 0.5) is 10.1 Å². The monoisotopic (exact) mass is 363 g/mol. The molecule has 4 nitrogen and oxygen atoms in total. The van der Waals surface area contributed by atoms with Gasteiger partial charge >= 0.3 is 0 Å². The lowest BCUT2D eigenvalue weighted by Crippen LogP contribution is -2.43. The Hall–Kier alpha value is -0.690. The maximum atomic E-state index is 13.1. The minimum atomic E-state index is -0.454. The molecule has 1 amide bonds. The van der Waals surface area contributed by atoms with Gasteiger partial charge in [-0.3, -0.25) is 9.69 Å². The van der Waals surface area contributed by atoms with Gasteiger partial charge in [-0.05, 0) is 40.9 Å². The number of anilines is 1. The first-order valence-electron chi connectivity index (χ1n) is 6.38. The number of hydrogen-bond acceptors (Lipinski definition) is 3. The van der Waals surface area contributed by atoms with Crippen molar-refractivity contribution in [2.45, 2.75) is 18.9 Å². The number of hydrogen-bond donors (Lipinski definition) is 2. The third kappa shape index (κ3) is 4.15. The largest absolute Gasteiger partial charge is 0.328 e. The van der Waals surface area contributed by atoms with Gasteiger partial charge in [0.05, 0.1) is 17.3 Å². The number of nitrogens with two attached hydrogens (primary N) is 1. The van der Waals surface area contributed by atoms with Crippen molar-refractivity contribution in [3.63, 3.8) is 0 Å². The van der Waals surface area contributed by atoms with Gasteiger partial charge in [-0.15, -0.1) is 0 Å². The first-order valence-corrected chi connectivity index (χ1v) is 7.55. The predicted molar refractivity (Wildman–Crippen MR) is 81.4 cm³/mol. The first kappa shape index (κ1) is 15.7. The van der Waals surface area contributed by atoms with E-state index in [1.165, 1.54) is 12.1 Å². The van der Waals surface area contributed by atoms with Gasteiger partial charge in [0, 0.05) is 23.6 Å². The van der Waals surface area contributed by atoms with E-state index in [4.69, 9.17) is 17.3 Å². The number of piperidine rings is 1.